The van der Waals surface area contributed by atoms with Crippen LogP contribution in [0.25, 0.3) is 0 Å². The van der Waals surface area contributed by atoms with E-state index in [0.29, 0.717) is 25.2 Å². The predicted octanol–water partition coefficient (Wildman–Crippen LogP) is 5.23. The number of ether oxygens (including phenoxy) is 1. The van der Waals surface area contributed by atoms with Crippen LogP contribution in [0, 0.1) is 0 Å². The molecule has 0 aromatic heterocycles. The fraction of sp³-hybridized carbons (Fsp3) is 0.480. The van der Waals surface area contributed by atoms with Gasteiger partial charge in [0.2, 0.25) is 0 Å². The third kappa shape index (κ3) is 6.07. The smallest absolute Gasteiger partial charge is 0.407 e. The first-order valence-electron chi connectivity index (χ1n) is 10.7. The molecule has 0 aliphatic heterocycles. The minimum Gasteiger partial charge on any atom is -0.450 e. The molecule has 0 atom stereocenters. The number of nitrogens with zero attached hydrogens (tertiary/aromatic N) is 1. The Morgan fingerprint density at radius 3 is 1.83 bits per heavy atom. The number of nitrogens with one attached hydrogen (secondary N) is 1. The van der Waals surface area contributed by atoms with Crippen molar-refractivity contribution in [1.29, 1.82) is 0 Å². The van der Waals surface area contributed by atoms with Crippen LogP contribution in [0.15, 0.2) is 60.7 Å². The summed E-state index contributed by atoms with van der Waals surface area (Å²) in [6.07, 6.45) is 0.525. The van der Waals surface area contributed by atoms with Crippen molar-refractivity contribution in [2.75, 3.05) is 19.7 Å². The van der Waals surface area contributed by atoms with Gasteiger partial charge in [0.1, 0.15) is 0 Å². The first-order valence-corrected chi connectivity index (χ1v) is 10.7. The van der Waals surface area contributed by atoms with Crippen molar-refractivity contribution in [2.24, 2.45) is 0 Å². The van der Waals surface area contributed by atoms with E-state index in [1.807, 2.05) is 19.1 Å². The molecule has 2 aromatic rings. The SMILES string of the molecule is CCOC(=O)NCC(CCN(C(C)C)C(C)C)(c1ccccc1)c1ccccc1. The van der Waals surface area contributed by atoms with Crippen LogP contribution in [-0.4, -0.2) is 42.8 Å². The predicted molar refractivity (Wildman–Crippen MR) is 120 cm³/mol. The average Bonchev–Trinajstić information content (AvgIpc) is 2.71. The summed E-state index contributed by atoms with van der Waals surface area (Å²) < 4.78 is 5.15. The normalized spacial score (nSPS) is 11.9. The summed E-state index contributed by atoms with van der Waals surface area (Å²) in [6, 6.07) is 21.9. The van der Waals surface area contributed by atoms with Crippen LogP contribution in [0.2, 0.25) is 0 Å². The van der Waals surface area contributed by atoms with E-state index in [1.165, 1.54) is 11.1 Å². The summed E-state index contributed by atoms with van der Waals surface area (Å²) >= 11 is 0. The maximum atomic E-state index is 12.2. The Morgan fingerprint density at radius 2 is 1.41 bits per heavy atom. The lowest BCUT2D eigenvalue weighted by molar-refractivity contribution is 0.144. The number of alkyl carbamates (subject to hydrolysis) is 1. The van der Waals surface area contributed by atoms with Crippen molar-refractivity contribution in [3.8, 4) is 0 Å². The lowest BCUT2D eigenvalue weighted by Gasteiger charge is -2.39. The molecule has 2 aromatic carbocycles. The Balaban J connectivity index is 2.46. The number of hydrogen-bond donors (Lipinski definition) is 1. The first-order chi connectivity index (χ1) is 13.9. The van der Waals surface area contributed by atoms with Crippen molar-refractivity contribution in [1.82, 2.24) is 10.2 Å². The fourth-order valence-corrected chi connectivity index (χ4v) is 4.10. The van der Waals surface area contributed by atoms with E-state index in [4.69, 9.17) is 4.74 Å². The third-order valence-electron chi connectivity index (χ3n) is 5.59. The third-order valence-corrected chi connectivity index (χ3v) is 5.59. The zero-order valence-electron chi connectivity index (χ0n) is 18.5. The van der Waals surface area contributed by atoms with Gasteiger partial charge in [0.25, 0.3) is 0 Å². The molecule has 0 radical (unpaired) electrons. The molecule has 0 fully saturated rings. The topological polar surface area (TPSA) is 41.6 Å². The highest BCUT2D eigenvalue weighted by Crippen LogP contribution is 2.36. The summed E-state index contributed by atoms with van der Waals surface area (Å²) in [5, 5.41) is 3.02. The minimum absolute atomic E-state index is 0.336. The van der Waals surface area contributed by atoms with Crippen LogP contribution in [0.4, 0.5) is 4.79 Å². The van der Waals surface area contributed by atoms with Crippen LogP contribution in [0.3, 0.4) is 0 Å². The first kappa shape index (κ1) is 23.0. The van der Waals surface area contributed by atoms with Gasteiger partial charge in [0.05, 0.1) is 6.61 Å². The largest absolute Gasteiger partial charge is 0.450 e. The Hall–Kier alpha value is -2.33. The summed E-state index contributed by atoms with van der Waals surface area (Å²) in [5.41, 5.74) is 2.07. The zero-order chi connectivity index (χ0) is 21.3. The van der Waals surface area contributed by atoms with Gasteiger partial charge in [-0.15, -0.1) is 0 Å². The Kier molecular flexibility index (Phi) is 8.71. The lowest BCUT2D eigenvalue weighted by atomic mass is 9.71. The number of rotatable bonds is 10. The maximum Gasteiger partial charge on any atom is 0.407 e. The Morgan fingerprint density at radius 1 is 0.931 bits per heavy atom. The second kappa shape index (κ2) is 11.0. The zero-order valence-corrected chi connectivity index (χ0v) is 18.5. The number of carbonyl (C=O) groups excluding carboxylic acids is 1. The van der Waals surface area contributed by atoms with E-state index in [0.717, 1.165) is 13.0 Å². The molecule has 1 N–H and O–H groups in total. The molecule has 4 nitrogen and oxygen atoms in total. The van der Waals surface area contributed by atoms with E-state index in [-0.39, 0.29) is 11.5 Å². The van der Waals surface area contributed by atoms with Crippen molar-refractivity contribution in [3.63, 3.8) is 0 Å². The van der Waals surface area contributed by atoms with E-state index in [1.54, 1.807) is 0 Å². The van der Waals surface area contributed by atoms with Gasteiger partial charge in [0, 0.05) is 24.0 Å². The molecule has 0 aliphatic carbocycles. The van der Waals surface area contributed by atoms with E-state index < -0.39 is 0 Å². The molecular weight excluding hydrogens is 360 g/mol. The molecule has 0 aliphatic rings. The van der Waals surface area contributed by atoms with Gasteiger partial charge in [-0.3, -0.25) is 4.90 Å². The quantitative estimate of drug-likeness (QED) is 0.598. The van der Waals surface area contributed by atoms with Gasteiger partial charge < -0.3 is 10.1 Å². The molecule has 158 valence electrons. The van der Waals surface area contributed by atoms with E-state index >= 15 is 0 Å². The Bertz CT molecular complexity index is 682. The van der Waals surface area contributed by atoms with Gasteiger partial charge in [-0.25, -0.2) is 4.79 Å². The van der Waals surface area contributed by atoms with Crippen LogP contribution in [0.5, 0.6) is 0 Å². The van der Waals surface area contributed by atoms with Crippen LogP contribution in [-0.2, 0) is 10.2 Å². The monoisotopic (exact) mass is 396 g/mol. The maximum absolute atomic E-state index is 12.2. The number of amides is 1. The number of hydrogen-bond acceptors (Lipinski definition) is 3. The summed E-state index contributed by atoms with van der Waals surface area (Å²) in [5.74, 6) is 0. The highest BCUT2D eigenvalue weighted by Gasteiger charge is 2.35. The summed E-state index contributed by atoms with van der Waals surface area (Å²) in [4.78, 5) is 14.7. The van der Waals surface area contributed by atoms with Gasteiger partial charge in [0.15, 0.2) is 0 Å². The highest BCUT2D eigenvalue weighted by molar-refractivity contribution is 5.67. The molecule has 1 amide bonds. The standard InChI is InChI=1S/C25H36N2O2/c1-6-29-24(28)26-19-25(22-13-9-7-10-14-22,23-15-11-8-12-16-23)17-18-27(20(2)3)21(4)5/h7-16,20-21H,6,17-19H2,1-5H3,(H,26,28). The Labute approximate surface area is 176 Å². The van der Waals surface area contributed by atoms with Crippen molar-refractivity contribution in [2.45, 2.75) is 58.5 Å². The molecule has 0 bridgehead atoms. The van der Waals surface area contributed by atoms with Crippen LogP contribution in [0.1, 0.15) is 52.2 Å². The van der Waals surface area contributed by atoms with Gasteiger partial charge >= 0.3 is 6.09 Å². The second-order valence-electron chi connectivity index (χ2n) is 8.06. The van der Waals surface area contributed by atoms with E-state index in [2.05, 4.69) is 86.4 Å². The second-order valence-corrected chi connectivity index (χ2v) is 8.06. The highest BCUT2D eigenvalue weighted by atomic mass is 16.5. The lowest BCUT2D eigenvalue weighted by Crippen LogP contribution is -2.46. The molecular formula is C25H36N2O2. The summed E-state index contributed by atoms with van der Waals surface area (Å²) in [6.45, 7) is 12.6. The van der Waals surface area contributed by atoms with Crippen LogP contribution >= 0.6 is 0 Å². The van der Waals surface area contributed by atoms with E-state index in [9.17, 15) is 4.79 Å². The molecule has 29 heavy (non-hydrogen) atoms. The number of carbonyl (C=O) groups is 1. The molecule has 0 heterocycles. The fourth-order valence-electron chi connectivity index (χ4n) is 4.10. The molecule has 4 heteroatoms. The average molecular weight is 397 g/mol. The van der Waals surface area contributed by atoms with Gasteiger partial charge in [-0.1, -0.05) is 60.7 Å². The molecule has 0 saturated carbocycles. The molecule has 0 saturated heterocycles. The minimum atomic E-state index is -0.367. The van der Waals surface area contributed by atoms with Crippen molar-refractivity contribution < 1.29 is 9.53 Å². The molecule has 2 rings (SSSR count). The molecule has 0 unspecified atom stereocenters. The number of benzene rings is 2. The van der Waals surface area contributed by atoms with Gasteiger partial charge in [-0.2, -0.15) is 0 Å². The van der Waals surface area contributed by atoms with Gasteiger partial charge in [-0.05, 0) is 58.7 Å². The molecule has 0 spiro atoms. The van der Waals surface area contributed by atoms with Crippen molar-refractivity contribution >= 4 is 6.09 Å². The van der Waals surface area contributed by atoms with Crippen LogP contribution < -0.4 is 5.32 Å². The van der Waals surface area contributed by atoms with Crippen molar-refractivity contribution in [3.05, 3.63) is 71.8 Å². The summed E-state index contributed by atoms with van der Waals surface area (Å²) in [7, 11) is 0.